The van der Waals surface area contributed by atoms with Crippen molar-refractivity contribution in [2.45, 2.75) is 44.2 Å². The lowest BCUT2D eigenvalue weighted by Gasteiger charge is -2.19. The zero-order valence-corrected chi connectivity index (χ0v) is 14.6. The highest BCUT2D eigenvalue weighted by Gasteiger charge is 2.43. The zero-order valence-electron chi connectivity index (χ0n) is 14.6. The predicted molar refractivity (Wildman–Crippen MR) is 93.8 cm³/mol. The van der Waals surface area contributed by atoms with E-state index < -0.39 is 36.3 Å². The molecule has 1 fully saturated rings. The third-order valence-corrected chi connectivity index (χ3v) is 4.75. The molecule has 8 N–H and O–H groups in total. The van der Waals surface area contributed by atoms with Gasteiger partial charge in [0.05, 0.1) is 17.6 Å². The number of anilines is 1. The average Bonchev–Trinajstić information content (AvgIpc) is 3.15. The van der Waals surface area contributed by atoms with Crippen LogP contribution in [0.15, 0.2) is 12.5 Å². The molecule has 1 unspecified atom stereocenters. The van der Waals surface area contributed by atoms with Crippen molar-refractivity contribution in [2.75, 3.05) is 12.3 Å². The first-order valence-electron chi connectivity index (χ1n) is 8.43. The largest absolute Gasteiger partial charge is 0.463 e. The Bertz CT molecular complexity index is 794. The van der Waals surface area contributed by atoms with Crippen molar-refractivity contribution in [3.63, 3.8) is 0 Å². The first-order chi connectivity index (χ1) is 12.3. The van der Waals surface area contributed by atoms with Gasteiger partial charge < -0.3 is 31.4 Å². The van der Waals surface area contributed by atoms with Crippen molar-refractivity contribution in [3.8, 4) is 0 Å². The normalized spacial score (nSPS) is 27.2. The molecule has 1 saturated heterocycles. The summed E-state index contributed by atoms with van der Waals surface area (Å²) in [6.45, 7) is 3.53. The second-order valence-corrected chi connectivity index (χ2v) is 6.86. The van der Waals surface area contributed by atoms with Crippen LogP contribution in [0.2, 0.25) is 0 Å². The van der Waals surface area contributed by atoms with Gasteiger partial charge >= 0.3 is 5.97 Å². The second kappa shape index (κ2) is 7.16. The summed E-state index contributed by atoms with van der Waals surface area (Å²) in [5.74, 6) is -0.305. The summed E-state index contributed by atoms with van der Waals surface area (Å²) < 4.78 is 5.19. The van der Waals surface area contributed by atoms with Crippen LogP contribution in [0.3, 0.4) is 0 Å². The van der Waals surface area contributed by atoms with E-state index in [-0.39, 0.29) is 12.5 Å². The van der Waals surface area contributed by atoms with Crippen LogP contribution in [-0.2, 0) is 9.53 Å². The molecule has 0 spiro atoms. The molecule has 10 nitrogen and oxygen atoms in total. The number of esters is 1. The van der Waals surface area contributed by atoms with Crippen molar-refractivity contribution >= 4 is 22.8 Å². The van der Waals surface area contributed by atoms with Gasteiger partial charge in [-0.3, -0.25) is 10.1 Å². The number of rotatable bonds is 5. The number of aromatic nitrogens is 3. The molecule has 0 aliphatic carbocycles. The van der Waals surface area contributed by atoms with Gasteiger partial charge in [-0.25, -0.2) is 9.97 Å². The number of aliphatic hydroxyl groups excluding tert-OH is 2. The maximum Gasteiger partial charge on any atom is 0.323 e. The maximum absolute atomic E-state index is 11.9. The van der Waals surface area contributed by atoms with Crippen LogP contribution in [0, 0.1) is 5.92 Å². The van der Waals surface area contributed by atoms with E-state index in [0.717, 1.165) is 0 Å². The fourth-order valence-electron chi connectivity index (χ4n) is 3.04. The fraction of sp³-hybridized carbons (Fsp3) is 0.562. The van der Waals surface area contributed by atoms with Crippen LogP contribution in [0.1, 0.15) is 25.5 Å². The number of hydrogen-bond acceptors (Lipinski definition) is 9. The molecule has 0 aromatic carbocycles. The van der Waals surface area contributed by atoms with Crippen molar-refractivity contribution < 1.29 is 19.7 Å². The van der Waals surface area contributed by atoms with Crippen LogP contribution in [0.4, 0.5) is 5.82 Å². The van der Waals surface area contributed by atoms with Gasteiger partial charge in [0.2, 0.25) is 0 Å². The molecule has 26 heavy (non-hydrogen) atoms. The van der Waals surface area contributed by atoms with Gasteiger partial charge in [-0.2, -0.15) is 0 Å². The smallest absolute Gasteiger partial charge is 0.323 e. The van der Waals surface area contributed by atoms with E-state index in [0.29, 0.717) is 22.4 Å². The molecular formula is C16H24N6O4. The molecule has 5 atom stereocenters. The van der Waals surface area contributed by atoms with Crippen molar-refractivity contribution in [1.29, 1.82) is 0 Å². The van der Waals surface area contributed by atoms with E-state index in [1.807, 2.05) is 13.8 Å². The molecule has 1 aliphatic rings. The number of nitrogen functional groups attached to an aromatic ring is 1. The molecule has 3 heterocycles. The minimum Gasteiger partial charge on any atom is -0.463 e. The van der Waals surface area contributed by atoms with Crippen LogP contribution in [0.25, 0.3) is 11.0 Å². The van der Waals surface area contributed by atoms with Crippen molar-refractivity contribution in [2.24, 2.45) is 11.7 Å². The first-order valence-corrected chi connectivity index (χ1v) is 8.43. The van der Waals surface area contributed by atoms with Gasteiger partial charge in [-0.15, -0.1) is 0 Å². The van der Waals surface area contributed by atoms with Crippen LogP contribution < -0.4 is 16.8 Å². The van der Waals surface area contributed by atoms with E-state index in [1.165, 1.54) is 6.33 Å². The minimum atomic E-state index is -1.12. The molecule has 0 amide bonds. The lowest BCUT2D eigenvalue weighted by atomic mass is 10.0. The summed E-state index contributed by atoms with van der Waals surface area (Å²) in [6.07, 6.45) is 0.769. The van der Waals surface area contributed by atoms with E-state index in [1.54, 1.807) is 6.20 Å². The van der Waals surface area contributed by atoms with E-state index in [9.17, 15) is 15.0 Å². The monoisotopic (exact) mass is 364 g/mol. The lowest BCUT2D eigenvalue weighted by molar-refractivity contribution is -0.147. The summed E-state index contributed by atoms with van der Waals surface area (Å²) in [6, 6.07) is -1.97. The Morgan fingerprint density at radius 1 is 1.35 bits per heavy atom. The Labute approximate surface area is 149 Å². The average molecular weight is 364 g/mol. The Hall–Kier alpha value is -2.27. The van der Waals surface area contributed by atoms with Gasteiger partial charge in [0, 0.05) is 11.8 Å². The summed E-state index contributed by atoms with van der Waals surface area (Å²) in [5, 5.41) is 23.8. The number of nitrogens with zero attached hydrogens (tertiary/aromatic N) is 2. The molecule has 2 aromatic heterocycles. The van der Waals surface area contributed by atoms with Gasteiger partial charge in [-0.05, 0) is 5.92 Å². The number of carbonyl (C=O) groups is 1. The third-order valence-electron chi connectivity index (χ3n) is 4.75. The number of nitrogens with one attached hydrogen (secondary N) is 2. The highest BCUT2D eigenvalue weighted by Crippen LogP contribution is 2.32. The summed E-state index contributed by atoms with van der Waals surface area (Å²) in [7, 11) is 0. The molecule has 142 valence electrons. The van der Waals surface area contributed by atoms with Gasteiger partial charge in [0.15, 0.2) is 5.82 Å². The lowest BCUT2D eigenvalue weighted by Crippen LogP contribution is -2.42. The first kappa shape index (κ1) is 18.5. The number of ether oxygens (including phenoxy) is 1. The van der Waals surface area contributed by atoms with Crippen molar-refractivity contribution in [1.82, 2.24) is 20.3 Å². The second-order valence-electron chi connectivity index (χ2n) is 6.86. The predicted octanol–water partition coefficient (Wildman–Crippen LogP) is -1.20. The molecule has 0 bridgehead atoms. The third kappa shape index (κ3) is 3.23. The Morgan fingerprint density at radius 2 is 2.08 bits per heavy atom. The van der Waals surface area contributed by atoms with Crippen molar-refractivity contribution in [3.05, 3.63) is 18.1 Å². The Balaban J connectivity index is 1.73. The number of aromatic amines is 1. The van der Waals surface area contributed by atoms with E-state index in [4.69, 9.17) is 16.2 Å². The molecular weight excluding hydrogens is 340 g/mol. The Morgan fingerprint density at radius 3 is 2.77 bits per heavy atom. The van der Waals surface area contributed by atoms with E-state index in [2.05, 4.69) is 20.3 Å². The molecule has 2 aromatic rings. The number of aliphatic hydroxyl groups is 2. The molecule has 0 saturated carbocycles. The standard InChI is InChI=1S/C16H24N6O4/c1-6(2)9(17)16(25)26-4-8-13(23)14(24)11(22-8)7-3-19-12-10(7)20-5-21-15(12)18/h3,5-6,8-9,11,13-14,19,22-24H,4,17H2,1-2H3,(H2,18,20,21)/t8-,9?,11+,13-,14+/m1/s1. The number of carbonyl (C=O) groups excluding carboxylic acids is 1. The SMILES string of the molecule is CC(C)C(N)C(=O)OC[C@H]1N[C@@H](c2c[nH]c3c(N)ncnc23)[C@H](O)[C@@H]1O. The van der Waals surface area contributed by atoms with Crippen LogP contribution in [-0.4, -0.2) is 62.0 Å². The van der Waals surface area contributed by atoms with E-state index >= 15 is 0 Å². The van der Waals surface area contributed by atoms with Gasteiger partial charge in [0.1, 0.15) is 36.7 Å². The van der Waals surface area contributed by atoms with Gasteiger partial charge in [0.25, 0.3) is 0 Å². The fourth-order valence-corrected chi connectivity index (χ4v) is 3.04. The number of fused-ring (bicyclic) bond motifs is 1. The topological polar surface area (TPSA) is 172 Å². The van der Waals surface area contributed by atoms with Gasteiger partial charge in [-0.1, -0.05) is 13.8 Å². The Kier molecular flexibility index (Phi) is 5.10. The summed E-state index contributed by atoms with van der Waals surface area (Å²) >= 11 is 0. The highest BCUT2D eigenvalue weighted by molar-refractivity contribution is 5.87. The molecule has 10 heteroatoms. The minimum absolute atomic E-state index is 0.0568. The number of hydrogen-bond donors (Lipinski definition) is 6. The highest BCUT2D eigenvalue weighted by atomic mass is 16.5. The molecule has 0 radical (unpaired) electrons. The molecule has 3 rings (SSSR count). The zero-order chi connectivity index (χ0) is 19.0. The summed E-state index contributed by atoms with van der Waals surface area (Å²) in [5.41, 5.74) is 13.3. The number of nitrogens with two attached hydrogens (primary N) is 2. The quantitative estimate of drug-likeness (QED) is 0.356. The van der Waals surface area contributed by atoms with Crippen LogP contribution in [0.5, 0.6) is 0 Å². The summed E-state index contributed by atoms with van der Waals surface area (Å²) in [4.78, 5) is 23.0. The molecule has 1 aliphatic heterocycles. The maximum atomic E-state index is 11.9. The number of H-pyrrole nitrogens is 1. The van der Waals surface area contributed by atoms with Crippen LogP contribution >= 0.6 is 0 Å².